The zero-order valence-electron chi connectivity index (χ0n) is 7.38. The molecule has 1 saturated heterocycles. The molecule has 14 heavy (non-hydrogen) atoms. The molecular formula is C7H10N2O3S2. The van der Waals surface area contributed by atoms with Gasteiger partial charge in [0.25, 0.3) is 5.19 Å². The van der Waals surface area contributed by atoms with Gasteiger partial charge in [0.1, 0.15) is 19.5 Å². The Hall–Kier alpha value is -0.370. The summed E-state index contributed by atoms with van der Waals surface area (Å²) < 4.78 is 19.6. The molecule has 0 radical (unpaired) electrons. The largest absolute Gasteiger partial charge is 0.466 e. The molecule has 78 valence electrons. The molecular weight excluding hydrogens is 224 g/mol. The van der Waals surface area contributed by atoms with Crippen LogP contribution in [-0.2, 0) is 15.2 Å². The minimum atomic E-state index is 0.0124. The number of hydrogen-bond acceptors (Lipinski definition) is 7. The summed E-state index contributed by atoms with van der Waals surface area (Å²) in [6, 6.07) is 0. The lowest BCUT2D eigenvalue weighted by molar-refractivity contribution is 0.0320. The highest BCUT2D eigenvalue weighted by Gasteiger charge is 2.17. The Labute approximate surface area is 91.0 Å². The zero-order chi connectivity index (χ0) is 9.80. The van der Waals surface area contributed by atoms with E-state index in [9.17, 15) is 0 Å². The number of thiol groups is 1. The van der Waals surface area contributed by atoms with Crippen LogP contribution in [0.2, 0.25) is 0 Å². The Morgan fingerprint density at radius 1 is 1.64 bits per heavy atom. The Balaban J connectivity index is 1.79. The Morgan fingerprint density at radius 2 is 2.57 bits per heavy atom. The molecule has 2 rings (SSSR count). The number of ether oxygens (including phenoxy) is 3. The fourth-order valence-electron chi connectivity index (χ4n) is 0.993. The normalized spacial score (nSPS) is 21.4. The van der Waals surface area contributed by atoms with Gasteiger partial charge < -0.3 is 14.2 Å². The summed E-state index contributed by atoms with van der Waals surface area (Å²) in [5.41, 5.74) is 0. The second-order valence-corrected chi connectivity index (χ2v) is 3.75. The van der Waals surface area contributed by atoms with Crippen molar-refractivity contribution >= 4 is 24.2 Å². The van der Waals surface area contributed by atoms with Crippen LogP contribution in [0.4, 0.5) is 0 Å². The van der Waals surface area contributed by atoms with Gasteiger partial charge in [-0.15, -0.1) is 0 Å². The van der Waals surface area contributed by atoms with Gasteiger partial charge in [0.2, 0.25) is 0 Å². The van der Waals surface area contributed by atoms with Gasteiger partial charge in [-0.3, -0.25) is 0 Å². The van der Waals surface area contributed by atoms with E-state index in [4.69, 9.17) is 14.2 Å². The number of hydrogen-bond donors (Lipinski definition) is 1. The van der Waals surface area contributed by atoms with Gasteiger partial charge in [-0.1, -0.05) is 0 Å². The van der Waals surface area contributed by atoms with Crippen molar-refractivity contribution < 1.29 is 14.2 Å². The van der Waals surface area contributed by atoms with E-state index in [0.717, 1.165) is 0 Å². The maximum Gasteiger partial charge on any atom is 0.293 e. The van der Waals surface area contributed by atoms with Crippen LogP contribution in [0.25, 0.3) is 0 Å². The minimum absolute atomic E-state index is 0.0124. The summed E-state index contributed by atoms with van der Waals surface area (Å²) in [4.78, 5) is 4.10. The molecule has 0 bridgehead atoms. The molecule has 7 heteroatoms. The summed E-state index contributed by atoms with van der Waals surface area (Å²) in [5, 5.41) is 0.560. The van der Waals surface area contributed by atoms with Crippen molar-refractivity contribution in [1.82, 2.24) is 9.36 Å². The molecule has 0 aromatic carbocycles. The third-order valence-electron chi connectivity index (χ3n) is 1.67. The smallest absolute Gasteiger partial charge is 0.293 e. The molecule has 0 amide bonds. The first-order valence-corrected chi connectivity index (χ1v) is 5.54. The first-order chi connectivity index (χ1) is 6.88. The highest BCUT2D eigenvalue weighted by molar-refractivity contribution is 7.79. The van der Waals surface area contributed by atoms with Crippen LogP contribution in [0.3, 0.4) is 0 Å². The third-order valence-corrected chi connectivity index (χ3v) is 2.62. The van der Waals surface area contributed by atoms with E-state index in [1.54, 1.807) is 0 Å². The second-order valence-electron chi connectivity index (χ2n) is 2.72. The van der Waals surface area contributed by atoms with Gasteiger partial charge in [0.15, 0.2) is 5.82 Å². The van der Waals surface area contributed by atoms with E-state index < -0.39 is 0 Å². The minimum Gasteiger partial charge on any atom is -0.466 e. The van der Waals surface area contributed by atoms with Crippen LogP contribution in [0.15, 0.2) is 0 Å². The zero-order valence-corrected chi connectivity index (χ0v) is 9.09. The lowest BCUT2D eigenvalue weighted by Gasteiger charge is -2.06. The quantitative estimate of drug-likeness (QED) is 0.778. The predicted molar refractivity (Wildman–Crippen MR) is 53.8 cm³/mol. The summed E-state index contributed by atoms with van der Waals surface area (Å²) in [6.45, 7) is 1.39. The summed E-state index contributed by atoms with van der Waals surface area (Å²) >= 11 is 5.29. The molecule has 1 aliphatic heterocycles. The van der Waals surface area contributed by atoms with Crippen LogP contribution in [0.1, 0.15) is 5.82 Å². The molecule has 1 unspecified atom stereocenters. The topological polar surface area (TPSA) is 53.5 Å². The van der Waals surface area contributed by atoms with Crippen LogP contribution in [-0.4, -0.2) is 35.5 Å². The standard InChI is InChI=1S/C7H10N2O3S2/c13-3-6-8-7(14-9-6)11-2-5-1-10-4-12-5/h5,13H,1-4H2. The lowest BCUT2D eigenvalue weighted by Crippen LogP contribution is -2.19. The van der Waals surface area contributed by atoms with Crippen molar-refractivity contribution in [2.24, 2.45) is 0 Å². The van der Waals surface area contributed by atoms with Gasteiger partial charge >= 0.3 is 0 Å². The number of rotatable bonds is 4. The average molecular weight is 234 g/mol. The van der Waals surface area contributed by atoms with Gasteiger partial charge in [0.05, 0.1) is 12.4 Å². The Bertz CT molecular complexity index is 288. The van der Waals surface area contributed by atoms with Gasteiger partial charge in [-0.2, -0.15) is 22.0 Å². The monoisotopic (exact) mass is 234 g/mol. The third kappa shape index (κ3) is 2.57. The van der Waals surface area contributed by atoms with Crippen LogP contribution in [0.5, 0.6) is 5.19 Å². The molecule has 0 aliphatic carbocycles. The first kappa shape index (κ1) is 10.2. The SMILES string of the molecule is SCc1nsc(OCC2COCO2)n1. The molecule has 0 N–H and O–H groups in total. The van der Waals surface area contributed by atoms with Crippen molar-refractivity contribution in [3.8, 4) is 5.19 Å². The summed E-state index contributed by atoms with van der Waals surface area (Å²) in [7, 11) is 0. The molecule has 0 saturated carbocycles. The number of aromatic nitrogens is 2. The van der Waals surface area contributed by atoms with E-state index in [2.05, 4.69) is 22.0 Å². The van der Waals surface area contributed by atoms with E-state index in [-0.39, 0.29) is 6.10 Å². The molecule has 1 aromatic rings. The van der Waals surface area contributed by atoms with Gasteiger partial charge in [-0.05, 0) is 0 Å². The molecule has 1 atom stereocenters. The highest BCUT2D eigenvalue weighted by Crippen LogP contribution is 2.16. The Kier molecular flexibility index (Phi) is 3.57. The Morgan fingerprint density at radius 3 is 3.21 bits per heavy atom. The molecule has 0 spiro atoms. The van der Waals surface area contributed by atoms with Crippen LogP contribution < -0.4 is 4.74 Å². The average Bonchev–Trinajstić information content (AvgIpc) is 2.86. The van der Waals surface area contributed by atoms with E-state index in [0.29, 0.717) is 36.8 Å². The van der Waals surface area contributed by atoms with Crippen molar-refractivity contribution in [3.63, 3.8) is 0 Å². The first-order valence-electron chi connectivity index (χ1n) is 4.14. The maximum absolute atomic E-state index is 5.38. The summed E-state index contributed by atoms with van der Waals surface area (Å²) in [5.74, 6) is 1.22. The van der Waals surface area contributed by atoms with E-state index in [1.807, 2.05) is 0 Å². The van der Waals surface area contributed by atoms with Gasteiger partial charge in [-0.25, -0.2) is 0 Å². The molecule has 1 aliphatic rings. The maximum atomic E-state index is 5.38. The second kappa shape index (κ2) is 4.92. The molecule has 1 fully saturated rings. The van der Waals surface area contributed by atoms with Crippen LogP contribution in [0, 0.1) is 0 Å². The summed E-state index contributed by atoms with van der Waals surface area (Å²) in [6.07, 6.45) is 0.0124. The number of nitrogens with zero attached hydrogens (tertiary/aromatic N) is 2. The van der Waals surface area contributed by atoms with Crippen LogP contribution >= 0.6 is 24.2 Å². The van der Waals surface area contributed by atoms with Crippen molar-refractivity contribution in [3.05, 3.63) is 5.82 Å². The van der Waals surface area contributed by atoms with Crippen molar-refractivity contribution in [2.45, 2.75) is 11.9 Å². The van der Waals surface area contributed by atoms with Crippen molar-refractivity contribution in [2.75, 3.05) is 20.0 Å². The van der Waals surface area contributed by atoms with E-state index in [1.165, 1.54) is 11.5 Å². The van der Waals surface area contributed by atoms with E-state index >= 15 is 0 Å². The molecule has 1 aromatic heterocycles. The predicted octanol–water partition coefficient (Wildman–Crippen LogP) is 0.720. The fourth-order valence-corrected chi connectivity index (χ4v) is 1.79. The van der Waals surface area contributed by atoms with Crippen molar-refractivity contribution in [1.29, 1.82) is 0 Å². The fraction of sp³-hybridized carbons (Fsp3) is 0.714. The molecule has 5 nitrogen and oxygen atoms in total. The van der Waals surface area contributed by atoms with Gasteiger partial charge in [0, 0.05) is 11.5 Å². The lowest BCUT2D eigenvalue weighted by atomic mass is 10.4. The highest BCUT2D eigenvalue weighted by atomic mass is 32.1. The molecule has 2 heterocycles.